The fourth-order valence-corrected chi connectivity index (χ4v) is 2.69. The van der Waals surface area contributed by atoms with Gasteiger partial charge in [-0.3, -0.25) is 10.1 Å². The molecule has 0 saturated carbocycles. The van der Waals surface area contributed by atoms with Gasteiger partial charge in [-0.1, -0.05) is 25.4 Å². The molecule has 0 aliphatic carbocycles. The highest BCUT2D eigenvalue weighted by atomic mass is 79.9. The van der Waals surface area contributed by atoms with Crippen LogP contribution in [0, 0.1) is 16.0 Å². The van der Waals surface area contributed by atoms with Crippen molar-refractivity contribution >= 4 is 44.9 Å². The minimum absolute atomic E-state index is 0.111. The van der Waals surface area contributed by atoms with Crippen LogP contribution in [0.25, 0.3) is 6.08 Å². The van der Waals surface area contributed by atoms with Crippen LogP contribution in [0.3, 0.4) is 0 Å². The Kier molecular flexibility index (Phi) is 4.31. The second-order valence-corrected chi connectivity index (χ2v) is 5.79. The zero-order chi connectivity index (χ0) is 11.6. The third kappa shape index (κ3) is 3.29. The minimum Gasteiger partial charge on any atom is -0.259 e. The van der Waals surface area contributed by atoms with E-state index in [1.807, 2.05) is 0 Å². The minimum atomic E-state index is -0.355. The Morgan fingerprint density at radius 2 is 2.33 bits per heavy atom. The summed E-state index contributed by atoms with van der Waals surface area (Å²) in [6, 6.07) is 1.78. The molecule has 0 fully saturated rings. The largest absolute Gasteiger partial charge is 0.259 e. The number of nitrogens with zero attached hydrogens (tertiary/aromatic N) is 1. The number of rotatable bonds is 3. The highest BCUT2D eigenvalue weighted by molar-refractivity contribution is 9.10. The number of halogens is 2. The summed E-state index contributed by atoms with van der Waals surface area (Å²) in [5, 5.41) is 10.7. The summed E-state index contributed by atoms with van der Waals surface area (Å²) in [7, 11) is 0. The first kappa shape index (κ1) is 12.7. The lowest BCUT2D eigenvalue weighted by molar-refractivity contribution is -0.431. The third-order valence-electron chi connectivity index (χ3n) is 1.76. The van der Waals surface area contributed by atoms with Crippen LogP contribution < -0.4 is 0 Å². The third-order valence-corrected chi connectivity index (χ3v) is 4.18. The van der Waals surface area contributed by atoms with Gasteiger partial charge >= 0.3 is 0 Å². The fraction of sp³-hybridized carbons (Fsp3) is 0.333. The van der Waals surface area contributed by atoms with Crippen LogP contribution in [0.2, 0.25) is 4.34 Å². The smallest absolute Gasteiger partial charge is 0.250 e. The summed E-state index contributed by atoms with van der Waals surface area (Å²) in [5.41, 5.74) is 0.195. The van der Waals surface area contributed by atoms with E-state index in [2.05, 4.69) is 15.9 Å². The molecule has 0 unspecified atom stereocenters. The van der Waals surface area contributed by atoms with E-state index >= 15 is 0 Å². The Labute approximate surface area is 105 Å². The highest BCUT2D eigenvalue weighted by Crippen LogP contribution is 2.33. The zero-order valence-electron chi connectivity index (χ0n) is 8.16. The summed E-state index contributed by atoms with van der Waals surface area (Å²) < 4.78 is 1.37. The van der Waals surface area contributed by atoms with Crippen LogP contribution in [0.4, 0.5) is 0 Å². The van der Waals surface area contributed by atoms with Gasteiger partial charge in [0.1, 0.15) is 4.34 Å². The SMILES string of the molecule is CC(C)C(=Cc1cc(Br)c(Cl)s1)[N+](=O)[O-]. The fourth-order valence-electron chi connectivity index (χ4n) is 1.01. The molecule has 6 heteroatoms. The van der Waals surface area contributed by atoms with Crippen molar-refractivity contribution in [3.05, 3.63) is 35.6 Å². The summed E-state index contributed by atoms with van der Waals surface area (Å²) in [6.07, 6.45) is 1.56. The van der Waals surface area contributed by atoms with Crippen molar-refractivity contribution < 1.29 is 4.92 Å². The highest BCUT2D eigenvalue weighted by Gasteiger charge is 2.16. The van der Waals surface area contributed by atoms with Crippen LogP contribution in [0.1, 0.15) is 18.7 Å². The number of thiophene rings is 1. The quantitative estimate of drug-likeness (QED) is 0.612. The van der Waals surface area contributed by atoms with Gasteiger partial charge in [-0.25, -0.2) is 0 Å². The van der Waals surface area contributed by atoms with Crippen LogP contribution in [-0.2, 0) is 0 Å². The van der Waals surface area contributed by atoms with E-state index in [0.29, 0.717) is 4.34 Å². The van der Waals surface area contributed by atoms with E-state index in [0.717, 1.165) is 9.35 Å². The van der Waals surface area contributed by atoms with E-state index in [1.165, 1.54) is 11.3 Å². The second kappa shape index (κ2) is 5.09. The van der Waals surface area contributed by atoms with Crippen molar-refractivity contribution in [3.8, 4) is 0 Å². The van der Waals surface area contributed by atoms with Gasteiger partial charge in [0, 0.05) is 21.3 Å². The molecule has 0 radical (unpaired) electrons. The molecule has 0 aliphatic rings. The van der Waals surface area contributed by atoms with Crippen molar-refractivity contribution in [1.82, 2.24) is 0 Å². The summed E-state index contributed by atoms with van der Waals surface area (Å²) in [5.74, 6) is -0.111. The lowest BCUT2D eigenvalue weighted by atomic mass is 10.1. The number of nitro groups is 1. The van der Waals surface area contributed by atoms with Gasteiger partial charge in [0.2, 0.25) is 5.70 Å². The van der Waals surface area contributed by atoms with Crippen LogP contribution in [0.15, 0.2) is 16.2 Å². The molecule has 82 valence electrons. The molecule has 0 aliphatic heterocycles. The molecule has 0 amide bonds. The molecule has 0 bridgehead atoms. The predicted molar refractivity (Wildman–Crippen MR) is 66.8 cm³/mol. The lowest BCUT2D eigenvalue weighted by Crippen LogP contribution is -2.04. The maximum atomic E-state index is 10.7. The normalized spacial score (nSPS) is 12.2. The van der Waals surface area contributed by atoms with Gasteiger partial charge in [-0.2, -0.15) is 0 Å². The first-order chi connectivity index (χ1) is 6.91. The van der Waals surface area contributed by atoms with Crippen LogP contribution in [0.5, 0.6) is 0 Å². The van der Waals surface area contributed by atoms with Crippen molar-refractivity contribution in [2.45, 2.75) is 13.8 Å². The van der Waals surface area contributed by atoms with Crippen molar-refractivity contribution in [1.29, 1.82) is 0 Å². The molecule has 3 nitrogen and oxygen atoms in total. The van der Waals surface area contributed by atoms with Gasteiger partial charge in [0.05, 0.1) is 4.92 Å². The Bertz CT molecular complexity index is 395. The van der Waals surface area contributed by atoms with E-state index < -0.39 is 0 Å². The Balaban J connectivity index is 3.07. The topological polar surface area (TPSA) is 43.1 Å². The Morgan fingerprint density at radius 1 is 1.73 bits per heavy atom. The van der Waals surface area contributed by atoms with E-state index in [4.69, 9.17) is 11.6 Å². The zero-order valence-corrected chi connectivity index (χ0v) is 11.3. The molecule has 1 heterocycles. The summed E-state index contributed by atoms with van der Waals surface area (Å²) >= 11 is 10.4. The Morgan fingerprint density at radius 3 is 2.67 bits per heavy atom. The standard InChI is InChI=1S/C9H9BrClNO2S/c1-5(2)8(12(13)14)4-6-3-7(10)9(11)15-6/h3-5H,1-2H3. The average Bonchev–Trinajstić information content (AvgIpc) is 2.41. The molecule has 0 aromatic carbocycles. The molecule has 0 atom stereocenters. The lowest BCUT2D eigenvalue weighted by Gasteiger charge is -1.99. The molecule has 15 heavy (non-hydrogen) atoms. The van der Waals surface area contributed by atoms with Crippen LogP contribution >= 0.6 is 38.9 Å². The number of hydrogen-bond donors (Lipinski definition) is 0. The molecule has 1 rings (SSSR count). The maximum absolute atomic E-state index is 10.7. The first-order valence-electron chi connectivity index (χ1n) is 4.22. The van der Waals surface area contributed by atoms with E-state index in [1.54, 1.807) is 26.0 Å². The van der Waals surface area contributed by atoms with Crippen molar-refractivity contribution in [3.63, 3.8) is 0 Å². The molecule has 0 N–H and O–H groups in total. The van der Waals surface area contributed by atoms with E-state index in [9.17, 15) is 10.1 Å². The molecule has 0 saturated heterocycles. The molecular weight excluding hydrogens is 302 g/mol. The van der Waals surface area contributed by atoms with E-state index in [-0.39, 0.29) is 16.5 Å². The molecule has 0 spiro atoms. The summed E-state index contributed by atoms with van der Waals surface area (Å²) in [4.78, 5) is 11.2. The van der Waals surface area contributed by atoms with Crippen LogP contribution in [-0.4, -0.2) is 4.92 Å². The number of hydrogen-bond acceptors (Lipinski definition) is 3. The number of allylic oxidation sites excluding steroid dienone is 1. The average molecular weight is 311 g/mol. The molecule has 1 aromatic rings. The first-order valence-corrected chi connectivity index (χ1v) is 6.21. The van der Waals surface area contributed by atoms with Gasteiger partial charge in [0.15, 0.2) is 0 Å². The van der Waals surface area contributed by atoms with Crippen molar-refractivity contribution in [2.75, 3.05) is 0 Å². The molecular formula is C9H9BrClNO2S. The molecule has 1 aromatic heterocycles. The van der Waals surface area contributed by atoms with Gasteiger partial charge in [-0.05, 0) is 22.0 Å². The van der Waals surface area contributed by atoms with Gasteiger partial charge < -0.3 is 0 Å². The summed E-state index contributed by atoms with van der Waals surface area (Å²) in [6.45, 7) is 3.58. The van der Waals surface area contributed by atoms with Gasteiger partial charge in [-0.15, -0.1) is 11.3 Å². The predicted octanol–water partition coefficient (Wildman–Crippen LogP) is 4.44. The monoisotopic (exact) mass is 309 g/mol. The van der Waals surface area contributed by atoms with Crippen molar-refractivity contribution in [2.24, 2.45) is 5.92 Å². The Hall–Kier alpha value is -0.390. The maximum Gasteiger partial charge on any atom is 0.250 e. The second-order valence-electron chi connectivity index (χ2n) is 3.25. The van der Waals surface area contributed by atoms with Gasteiger partial charge in [0.25, 0.3) is 0 Å².